The highest BCUT2D eigenvalue weighted by Gasteiger charge is 2.11. The third-order valence-electron chi connectivity index (χ3n) is 8.51. The number of nitrogens with zero attached hydrogens (tertiary/aromatic N) is 2. The van der Waals surface area contributed by atoms with E-state index in [0.29, 0.717) is 0 Å². The van der Waals surface area contributed by atoms with Gasteiger partial charge in [-0.1, -0.05) is 162 Å². The van der Waals surface area contributed by atoms with Crippen molar-refractivity contribution in [3.63, 3.8) is 0 Å². The van der Waals surface area contributed by atoms with Crippen LogP contribution in [0.4, 0.5) is 0 Å². The van der Waals surface area contributed by atoms with E-state index in [2.05, 4.69) is 42.3 Å². The van der Waals surface area contributed by atoms with E-state index >= 15 is 0 Å². The maximum atomic E-state index is 2.49. The van der Waals surface area contributed by atoms with Gasteiger partial charge in [0.1, 0.15) is 12.4 Å². The third-order valence-corrected chi connectivity index (χ3v) is 8.51. The van der Waals surface area contributed by atoms with Crippen LogP contribution in [0.3, 0.4) is 0 Å². The van der Waals surface area contributed by atoms with Gasteiger partial charge in [0.25, 0.3) is 5.82 Å². The molecule has 0 aliphatic rings. The van der Waals surface area contributed by atoms with Crippen LogP contribution in [-0.2, 0) is 13.1 Å². The summed E-state index contributed by atoms with van der Waals surface area (Å²) in [5, 5.41) is 0. The molecule has 1 rings (SSSR count). The largest absolute Gasteiger partial charge is 0.253 e. The second-order valence-electron chi connectivity index (χ2n) is 12.1. The lowest BCUT2D eigenvalue weighted by atomic mass is 10.0. The molecule has 0 saturated carbocycles. The number of aryl methyl sites for hydroxylation is 2. The van der Waals surface area contributed by atoms with Crippen LogP contribution in [0, 0.1) is 6.92 Å². The summed E-state index contributed by atoms with van der Waals surface area (Å²) in [7, 11) is 0. The number of hydrogen-bond acceptors (Lipinski definition) is 0. The van der Waals surface area contributed by atoms with Crippen LogP contribution in [0.1, 0.15) is 193 Å². The van der Waals surface area contributed by atoms with Crippen molar-refractivity contribution in [3.8, 4) is 0 Å². The molecule has 0 N–H and O–H groups in total. The van der Waals surface area contributed by atoms with E-state index in [1.165, 1.54) is 192 Å². The number of aromatic nitrogens is 2. The summed E-state index contributed by atoms with van der Waals surface area (Å²) in [4.78, 5) is 0. The lowest BCUT2D eigenvalue weighted by Crippen LogP contribution is -2.35. The molecule has 1 aromatic rings. The average Bonchev–Trinajstić information content (AvgIpc) is 3.25. The lowest BCUT2D eigenvalue weighted by molar-refractivity contribution is -0.702. The molecule has 0 atom stereocenters. The molecule has 0 radical (unpaired) electrons. The van der Waals surface area contributed by atoms with Gasteiger partial charge in [-0.25, -0.2) is 9.13 Å². The van der Waals surface area contributed by atoms with Gasteiger partial charge in [-0.2, -0.15) is 0 Å². The first-order valence-corrected chi connectivity index (χ1v) is 17.3. The fourth-order valence-electron chi connectivity index (χ4n) is 5.79. The normalized spacial score (nSPS) is 11.5. The van der Waals surface area contributed by atoms with E-state index in [-0.39, 0.29) is 0 Å². The van der Waals surface area contributed by atoms with E-state index in [9.17, 15) is 0 Å². The van der Waals surface area contributed by atoms with Crippen LogP contribution in [0.2, 0.25) is 0 Å². The number of unbranched alkanes of at least 4 members (excludes halogenated alkanes) is 25. The van der Waals surface area contributed by atoms with Gasteiger partial charge in [-0.3, -0.25) is 0 Å². The van der Waals surface area contributed by atoms with E-state index in [4.69, 9.17) is 0 Å². The molecular formula is C35H69N2+. The zero-order valence-electron chi connectivity index (χ0n) is 26.1. The highest BCUT2D eigenvalue weighted by atomic mass is 15.1. The van der Waals surface area contributed by atoms with Crippen LogP contribution in [-0.4, -0.2) is 4.57 Å². The van der Waals surface area contributed by atoms with Crippen molar-refractivity contribution in [2.75, 3.05) is 0 Å². The molecule has 0 spiro atoms. The molecule has 0 amide bonds. The fraction of sp³-hybridized carbons (Fsp3) is 0.914. The highest BCUT2D eigenvalue weighted by Crippen LogP contribution is 2.14. The van der Waals surface area contributed by atoms with Crippen LogP contribution >= 0.6 is 0 Å². The Hall–Kier alpha value is -0.790. The first-order chi connectivity index (χ1) is 18.3. The van der Waals surface area contributed by atoms with Crippen molar-refractivity contribution >= 4 is 0 Å². The second kappa shape index (κ2) is 26.8. The van der Waals surface area contributed by atoms with Gasteiger partial charge < -0.3 is 0 Å². The molecular weight excluding hydrogens is 448 g/mol. The topological polar surface area (TPSA) is 8.81 Å². The lowest BCUT2D eigenvalue weighted by Gasteiger charge is -2.04. The van der Waals surface area contributed by atoms with Crippen molar-refractivity contribution < 1.29 is 4.57 Å². The molecule has 0 aliphatic carbocycles. The van der Waals surface area contributed by atoms with Crippen molar-refractivity contribution in [2.45, 2.75) is 207 Å². The third kappa shape index (κ3) is 20.8. The standard InChI is InChI=1S/C35H69N2/c1-4-6-8-10-12-14-16-18-19-20-22-24-26-28-30-32-37-34-33-36(35(37)3)31-29-27-25-23-21-17-15-13-11-9-7-5-2/h33-34H,4-32H2,1-3H3/q+1. The quantitative estimate of drug-likeness (QED) is 0.0737. The minimum atomic E-state index is 1.20. The minimum Gasteiger partial charge on any atom is -0.234 e. The van der Waals surface area contributed by atoms with Gasteiger partial charge in [-0.05, 0) is 25.7 Å². The Morgan fingerprint density at radius 3 is 1.16 bits per heavy atom. The first-order valence-electron chi connectivity index (χ1n) is 17.3. The Labute approximate surface area is 234 Å². The van der Waals surface area contributed by atoms with Crippen molar-refractivity contribution in [3.05, 3.63) is 18.2 Å². The molecule has 2 nitrogen and oxygen atoms in total. The zero-order valence-corrected chi connectivity index (χ0v) is 26.1. The molecule has 1 aromatic heterocycles. The maximum absolute atomic E-state index is 2.49. The number of rotatable bonds is 29. The van der Waals surface area contributed by atoms with Crippen molar-refractivity contribution in [2.24, 2.45) is 0 Å². The van der Waals surface area contributed by atoms with E-state index < -0.39 is 0 Å². The Bertz CT molecular complexity index is 576. The molecule has 218 valence electrons. The SMILES string of the molecule is CCCCCCCCCCCCCCCCCn1cc[n+](CCCCCCCCCCCCCC)c1C. The molecule has 0 saturated heterocycles. The maximum Gasteiger partial charge on any atom is 0.253 e. The van der Waals surface area contributed by atoms with E-state index in [0.717, 1.165) is 0 Å². The minimum absolute atomic E-state index is 1.20. The van der Waals surface area contributed by atoms with Gasteiger partial charge in [0.15, 0.2) is 0 Å². The average molecular weight is 518 g/mol. The van der Waals surface area contributed by atoms with Crippen LogP contribution in [0.5, 0.6) is 0 Å². The molecule has 2 heteroatoms. The van der Waals surface area contributed by atoms with Crippen LogP contribution in [0.15, 0.2) is 12.4 Å². The van der Waals surface area contributed by atoms with E-state index in [1.807, 2.05) is 0 Å². The molecule has 1 heterocycles. The summed E-state index contributed by atoms with van der Waals surface area (Å²) in [6.07, 6.45) is 43.4. The molecule has 0 bridgehead atoms. The second-order valence-corrected chi connectivity index (χ2v) is 12.1. The monoisotopic (exact) mass is 518 g/mol. The summed E-state index contributed by atoms with van der Waals surface area (Å²) in [6, 6.07) is 0. The molecule has 0 aliphatic heterocycles. The summed E-state index contributed by atoms with van der Waals surface area (Å²) in [5.41, 5.74) is 0. The summed E-state index contributed by atoms with van der Waals surface area (Å²) < 4.78 is 4.98. The summed E-state index contributed by atoms with van der Waals surface area (Å²) in [5.74, 6) is 1.45. The highest BCUT2D eigenvalue weighted by molar-refractivity contribution is 4.79. The molecule has 0 fully saturated rings. The first kappa shape index (κ1) is 34.2. The Balaban J connectivity index is 1.89. The van der Waals surface area contributed by atoms with Gasteiger partial charge in [0, 0.05) is 6.92 Å². The Morgan fingerprint density at radius 1 is 0.459 bits per heavy atom. The Morgan fingerprint density at radius 2 is 0.784 bits per heavy atom. The number of imidazole rings is 1. The van der Waals surface area contributed by atoms with Gasteiger partial charge in [0.05, 0.1) is 13.1 Å². The molecule has 0 unspecified atom stereocenters. The van der Waals surface area contributed by atoms with Crippen LogP contribution in [0.25, 0.3) is 0 Å². The van der Waals surface area contributed by atoms with Gasteiger partial charge in [-0.15, -0.1) is 0 Å². The molecule has 0 aromatic carbocycles. The fourth-order valence-corrected chi connectivity index (χ4v) is 5.79. The number of hydrogen-bond donors (Lipinski definition) is 0. The summed E-state index contributed by atoms with van der Waals surface area (Å²) in [6.45, 7) is 9.33. The van der Waals surface area contributed by atoms with Gasteiger partial charge in [0.2, 0.25) is 0 Å². The predicted octanol–water partition coefficient (Wildman–Crippen LogP) is 11.7. The summed E-state index contributed by atoms with van der Waals surface area (Å²) >= 11 is 0. The van der Waals surface area contributed by atoms with Gasteiger partial charge >= 0.3 is 0 Å². The van der Waals surface area contributed by atoms with Crippen molar-refractivity contribution in [1.82, 2.24) is 4.57 Å². The zero-order chi connectivity index (χ0) is 26.7. The van der Waals surface area contributed by atoms with Crippen LogP contribution < -0.4 is 4.57 Å². The van der Waals surface area contributed by atoms with Crippen molar-refractivity contribution in [1.29, 1.82) is 0 Å². The molecule has 37 heavy (non-hydrogen) atoms. The smallest absolute Gasteiger partial charge is 0.234 e. The van der Waals surface area contributed by atoms with E-state index in [1.54, 1.807) is 0 Å². The predicted molar refractivity (Wildman–Crippen MR) is 165 cm³/mol. The Kier molecular flexibility index (Phi) is 24.8.